The van der Waals surface area contributed by atoms with Crippen molar-refractivity contribution in [2.24, 2.45) is 5.92 Å². The summed E-state index contributed by atoms with van der Waals surface area (Å²) in [4.78, 5) is 72.3. The summed E-state index contributed by atoms with van der Waals surface area (Å²) >= 11 is 0. The second-order valence-electron chi connectivity index (χ2n) is 25.4. The first-order valence-electron chi connectivity index (χ1n) is 36.1. The Labute approximate surface area is 537 Å². The van der Waals surface area contributed by atoms with Crippen LogP contribution in [0.15, 0.2) is 0 Å². The van der Waals surface area contributed by atoms with Crippen LogP contribution in [0, 0.1) is 5.92 Å². The number of carbonyl (C=O) groups excluding carboxylic acids is 4. The van der Waals surface area contributed by atoms with Gasteiger partial charge in [-0.05, 0) is 31.6 Å². The van der Waals surface area contributed by atoms with Crippen molar-refractivity contribution >= 4 is 39.5 Å². The molecule has 17 nitrogen and oxygen atoms in total. The third-order valence-electron chi connectivity index (χ3n) is 16.0. The fourth-order valence-corrected chi connectivity index (χ4v) is 12.0. The maximum atomic E-state index is 13.0. The van der Waals surface area contributed by atoms with Crippen molar-refractivity contribution in [1.82, 2.24) is 0 Å². The number of carbonyl (C=O) groups is 4. The van der Waals surface area contributed by atoms with Crippen molar-refractivity contribution < 1.29 is 80.2 Å². The first kappa shape index (κ1) is 86.1. The normalized spacial score (nSPS) is 14.1. The fourth-order valence-electron chi connectivity index (χ4n) is 10.5. The molecule has 0 bridgehead atoms. The van der Waals surface area contributed by atoms with Gasteiger partial charge in [0.05, 0.1) is 26.4 Å². The van der Waals surface area contributed by atoms with Gasteiger partial charge in [0.15, 0.2) is 12.2 Å². The van der Waals surface area contributed by atoms with Crippen LogP contribution in [-0.2, 0) is 65.4 Å². The van der Waals surface area contributed by atoms with Gasteiger partial charge in [-0.1, -0.05) is 304 Å². The van der Waals surface area contributed by atoms with Crippen LogP contribution in [0.5, 0.6) is 0 Å². The molecule has 0 aromatic carbocycles. The molecule has 0 amide bonds. The minimum absolute atomic E-state index is 0.105. The first-order valence-corrected chi connectivity index (χ1v) is 39.1. The summed E-state index contributed by atoms with van der Waals surface area (Å²) < 4.78 is 68.1. The highest BCUT2D eigenvalue weighted by Crippen LogP contribution is 2.45. The lowest BCUT2D eigenvalue weighted by Gasteiger charge is -2.21. The molecule has 0 aliphatic carbocycles. The number of hydrogen-bond acceptors (Lipinski definition) is 15. The van der Waals surface area contributed by atoms with Crippen molar-refractivity contribution in [3.05, 3.63) is 0 Å². The van der Waals surface area contributed by atoms with E-state index in [-0.39, 0.29) is 25.7 Å². The molecule has 0 spiro atoms. The Bertz CT molecular complexity index is 1700. The van der Waals surface area contributed by atoms with Gasteiger partial charge in [-0.3, -0.25) is 37.3 Å². The maximum absolute atomic E-state index is 13.0. The van der Waals surface area contributed by atoms with E-state index in [9.17, 15) is 43.2 Å². The molecule has 5 atom stereocenters. The van der Waals surface area contributed by atoms with Gasteiger partial charge >= 0.3 is 39.5 Å². The number of phosphoric ester groups is 2. The summed E-state index contributed by atoms with van der Waals surface area (Å²) in [6.45, 7) is 7.20. The Hall–Kier alpha value is -1.94. The molecule has 0 fully saturated rings. The van der Waals surface area contributed by atoms with Gasteiger partial charge in [-0.2, -0.15) is 0 Å². The summed E-state index contributed by atoms with van der Waals surface area (Å²) in [5.74, 6) is -1.35. The Morgan fingerprint density at radius 1 is 0.307 bits per heavy atom. The Morgan fingerprint density at radius 3 is 0.773 bits per heavy atom. The van der Waals surface area contributed by atoms with Gasteiger partial charge in [0, 0.05) is 25.7 Å². The molecule has 0 aliphatic rings. The van der Waals surface area contributed by atoms with Crippen LogP contribution in [0.2, 0.25) is 0 Å². The largest absolute Gasteiger partial charge is 0.472 e. The third kappa shape index (κ3) is 62.8. The molecule has 522 valence electrons. The molecule has 3 N–H and O–H groups in total. The minimum Gasteiger partial charge on any atom is -0.462 e. The molecule has 0 rings (SSSR count). The third-order valence-corrected chi connectivity index (χ3v) is 17.9. The summed E-state index contributed by atoms with van der Waals surface area (Å²) in [6.07, 6.45) is 48.7. The van der Waals surface area contributed by atoms with E-state index in [4.69, 9.17) is 37.0 Å². The summed E-state index contributed by atoms with van der Waals surface area (Å²) in [7, 11) is -9.89. The molecule has 2 unspecified atom stereocenters. The molecular formula is C69H134O17P2. The zero-order valence-electron chi connectivity index (χ0n) is 56.9. The highest BCUT2D eigenvalue weighted by molar-refractivity contribution is 7.47. The Morgan fingerprint density at radius 2 is 0.523 bits per heavy atom. The average Bonchev–Trinajstić information content (AvgIpc) is 3.50. The molecule has 0 radical (unpaired) electrons. The highest BCUT2D eigenvalue weighted by atomic mass is 31.2. The summed E-state index contributed by atoms with van der Waals surface area (Å²) in [6, 6.07) is 0. The van der Waals surface area contributed by atoms with Gasteiger partial charge in [-0.15, -0.1) is 0 Å². The number of ether oxygens (including phenoxy) is 4. The summed E-state index contributed by atoms with van der Waals surface area (Å²) in [5, 5.41) is 10.6. The number of unbranched alkanes of at least 4 members (excludes halogenated alkanes) is 41. The second kappa shape index (κ2) is 62.5. The highest BCUT2D eigenvalue weighted by Gasteiger charge is 2.30. The quantitative estimate of drug-likeness (QED) is 0.0222. The topological polar surface area (TPSA) is 237 Å². The number of rotatable bonds is 69. The van der Waals surface area contributed by atoms with Crippen molar-refractivity contribution in [2.75, 3.05) is 39.6 Å². The van der Waals surface area contributed by atoms with E-state index in [0.29, 0.717) is 25.7 Å². The maximum Gasteiger partial charge on any atom is 0.472 e. The molecular weight excluding hydrogens is 1160 g/mol. The van der Waals surface area contributed by atoms with Crippen LogP contribution in [0.4, 0.5) is 0 Å². The lowest BCUT2D eigenvalue weighted by Crippen LogP contribution is -2.30. The number of aliphatic hydroxyl groups is 1. The number of esters is 4. The first-order chi connectivity index (χ1) is 42.5. The second-order valence-corrected chi connectivity index (χ2v) is 28.3. The van der Waals surface area contributed by atoms with Crippen molar-refractivity contribution in [3.63, 3.8) is 0 Å². The van der Waals surface area contributed by atoms with E-state index in [0.717, 1.165) is 109 Å². The van der Waals surface area contributed by atoms with Crippen LogP contribution < -0.4 is 0 Å². The number of phosphoric acid groups is 2. The van der Waals surface area contributed by atoms with Gasteiger partial charge in [-0.25, -0.2) is 9.13 Å². The molecule has 19 heteroatoms. The fraction of sp³-hybridized carbons (Fsp3) is 0.942. The van der Waals surface area contributed by atoms with Gasteiger partial charge < -0.3 is 33.8 Å². The standard InChI is InChI=1S/C69H134O17P2/c1-6-9-12-15-18-21-22-23-24-25-26-27-32-35-40-45-50-55-69(74)86-65(59-80-67(72)53-48-43-39-34-31-29-28-30-33-36-41-46-51-62(4)5)61-84-88(77,78)82-57-63(70)56-81-87(75,76)83-60-64(85-68(73)54-49-44-38-20-17-14-11-8-3)58-79-66(71)52-47-42-37-19-16-13-10-7-2/h62-65,70H,6-61H2,1-5H3,(H,75,76)(H,77,78)/t63-,64+,65+/m0/s1. The van der Waals surface area contributed by atoms with E-state index >= 15 is 0 Å². The van der Waals surface area contributed by atoms with Gasteiger partial charge in [0.1, 0.15) is 19.3 Å². The zero-order chi connectivity index (χ0) is 64.9. The van der Waals surface area contributed by atoms with Crippen LogP contribution in [-0.4, -0.2) is 96.7 Å². The average molecular weight is 1300 g/mol. The van der Waals surface area contributed by atoms with E-state index in [1.165, 1.54) is 167 Å². The van der Waals surface area contributed by atoms with E-state index in [1.807, 2.05) is 0 Å². The van der Waals surface area contributed by atoms with Crippen LogP contribution in [0.25, 0.3) is 0 Å². The molecule has 0 aromatic rings. The number of aliphatic hydroxyl groups excluding tert-OH is 1. The van der Waals surface area contributed by atoms with E-state index in [2.05, 4.69) is 34.6 Å². The van der Waals surface area contributed by atoms with E-state index < -0.39 is 97.5 Å². The zero-order valence-corrected chi connectivity index (χ0v) is 58.6. The monoisotopic (exact) mass is 1300 g/mol. The SMILES string of the molecule is CCCCCCCCCCCCCCCCCCCC(=O)O[C@H](COC(=O)CCCCCCCCCCCCCCC(C)C)COP(=O)(O)OC[C@@H](O)COP(=O)(O)OC[C@@H](COC(=O)CCCCCCCCCC)OC(=O)CCCCCCCCCC. The smallest absolute Gasteiger partial charge is 0.462 e. The minimum atomic E-state index is -4.95. The summed E-state index contributed by atoms with van der Waals surface area (Å²) in [5.41, 5.74) is 0. The lowest BCUT2D eigenvalue weighted by molar-refractivity contribution is -0.161. The predicted molar refractivity (Wildman–Crippen MR) is 354 cm³/mol. The van der Waals surface area contributed by atoms with Gasteiger partial charge in [0.2, 0.25) is 0 Å². The molecule has 88 heavy (non-hydrogen) atoms. The van der Waals surface area contributed by atoms with Crippen LogP contribution >= 0.6 is 15.6 Å². The molecule has 0 aromatic heterocycles. The van der Waals surface area contributed by atoms with E-state index in [1.54, 1.807) is 0 Å². The lowest BCUT2D eigenvalue weighted by atomic mass is 10.0. The van der Waals surface area contributed by atoms with Crippen LogP contribution in [0.3, 0.4) is 0 Å². The Kier molecular flexibility index (Phi) is 61.1. The molecule has 0 aliphatic heterocycles. The van der Waals surface area contributed by atoms with Crippen molar-refractivity contribution in [2.45, 2.75) is 374 Å². The van der Waals surface area contributed by atoms with Crippen LogP contribution in [0.1, 0.15) is 356 Å². The van der Waals surface area contributed by atoms with Crippen molar-refractivity contribution in [1.29, 1.82) is 0 Å². The van der Waals surface area contributed by atoms with Crippen molar-refractivity contribution in [3.8, 4) is 0 Å². The number of hydrogen-bond donors (Lipinski definition) is 3. The molecule has 0 saturated heterocycles. The van der Waals surface area contributed by atoms with Gasteiger partial charge in [0.25, 0.3) is 0 Å². The molecule has 0 heterocycles. The predicted octanol–water partition coefficient (Wildman–Crippen LogP) is 19.7. The Balaban J connectivity index is 5.18. The molecule has 0 saturated carbocycles.